The van der Waals surface area contributed by atoms with E-state index in [0.29, 0.717) is 5.56 Å². The third-order valence-corrected chi connectivity index (χ3v) is 7.03. The topological polar surface area (TPSA) is 41.4 Å². The van der Waals surface area contributed by atoms with Gasteiger partial charge in [-0.2, -0.15) is 13.2 Å². The number of rotatable bonds is 4. The van der Waals surface area contributed by atoms with Gasteiger partial charge in [0.05, 0.1) is 17.0 Å². The van der Waals surface area contributed by atoms with Gasteiger partial charge in [-0.05, 0) is 49.1 Å². The SMILES string of the molecule is FC(F)(F)c1cccc(-c2ccc(CN3CCc4nc(C5=NCCCC5)ncc4C3)s2)c1. The molecule has 4 nitrogen and oxygen atoms in total. The molecule has 0 saturated heterocycles. The predicted octanol–water partition coefficient (Wildman–Crippen LogP) is 5.76. The summed E-state index contributed by atoms with van der Waals surface area (Å²) < 4.78 is 39.1. The molecule has 0 saturated carbocycles. The van der Waals surface area contributed by atoms with Crippen LogP contribution >= 0.6 is 11.3 Å². The van der Waals surface area contributed by atoms with Crippen LogP contribution in [0.1, 0.15) is 46.8 Å². The van der Waals surface area contributed by atoms with Crippen LogP contribution in [0, 0.1) is 0 Å². The fraction of sp³-hybridized carbons (Fsp3) is 0.375. The molecular formula is C24H23F3N4S. The van der Waals surface area contributed by atoms with E-state index in [9.17, 15) is 13.2 Å². The molecule has 2 aliphatic rings. The van der Waals surface area contributed by atoms with Gasteiger partial charge in [-0.15, -0.1) is 11.3 Å². The number of nitrogens with zero attached hydrogens (tertiary/aromatic N) is 4. The number of alkyl halides is 3. The van der Waals surface area contributed by atoms with Gasteiger partial charge in [-0.1, -0.05) is 12.1 Å². The number of hydrogen-bond acceptors (Lipinski definition) is 5. The molecule has 0 fully saturated rings. The predicted molar refractivity (Wildman–Crippen MR) is 120 cm³/mol. The minimum absolute atomic E-state index is 0.603. The van der Waals surface area contributed by atoms with Crippen molar-refractivity contribution < 1.29 is 13.2 Å². The van der Waals surface area contributed by atoms with Gasteiger partial charge in [0.2, 0.25) is 0 Å². The van der Waals surface area contributed by atoms with Gasteiger partial charge >= 0.3 is 6.18 Å². The van der Waals surface area contributed by atoms with E-state index in [0.717, 1.165) is 90.5 Å². The van der Waals surface area contributed by atoms with Crippen LogP contribution in [0.3, 0.4) is 0 Å². The molecular weight excluding hydrogens is 433 g/mol. The smallest absolute Gasteiger partial charge is 0.293 e. The summed E-state index contributed by atoms with van der Waals surface area (Å²) in [6.45, 7) is 3.30. The Morgan fingerprint density at radius 2 is 1.97 bits per heavy atom. The Morgan fingerprint density at radius 1 is 1.06 bits per heavy atom. The molecule has 0 bridgehead atoms. The van der Waals surface area contributed by atoms with Crippen molar-refractivity contribution in [2.75, 3.05) is 13.1 Å². The fourth-order valence-electron chi connectivity index (χ4n) is 4.22. The Hall–Kier alpha value is -2.58. The van der Waals surface area contributed by atoms with Gasteiger partial charge in [-0.3, -0.25) is 9.89 Å². The van der Waals surface area contributed by atoms with E-state index in [1.807, 2.05) is 18.3 Å². The molecule has 0 amide bonds. The second-order valence-electron chi connectivity index (χ2n) is 8.26. The van der Waals surface area contributed by atoms with E-state index in [1.165, 1.54) is 12.1 Å². The molecule has 0 unspecified atom stereocenters. The summed E-state index contributed by atoms with van der Waals surface area (Å²) in [7, 11) is 0. The van der Waals surface area contributed by atoms with Crippen molar-refractivity contribution in [3.05, 3.63) is 70.1 Å². The molecule has 3 aromatic rings. The summed E-state index contributed by atoms with van der Waals surface area (Å²) in [5.74, 6) is 0.779. The van der Waals surface area contributed by atoms with E-state index in [4.69, 9.17) is 4.98 Å². The highest BCUT2D eigenvalue weighted by atomic mass is 32.1. The Morgan fingerprint density at radius 3 is 2.78 bits per heavy atom. The molecule has 32 heavy (non-hydrogen) atoms. The molecule has 166 valence electrons. The number of thiophene rings is 1. The van der Waals surface area contributed by atoms with Gasteiger partial charge in [0.1, 0.15) is 0 Å². The van der Waals surface area contributed by atoms with Gasteiger partial charge in [-0.25, -0.2) is 9.97 Å². The zero-order valence-electron chi connectivity index (χ0n) is 17.5. The van der Waals surface area contributed by atoms with Crippen LogP contribution in [0.5, 0.6) is 0 Å². The van der Waals surface area contributed by atoms with Crippen LogP contribution in [0.15, 0.2) is 47.6 Å². The summed E-state index contributed by atoms with van der Waals surface area (Å²) in [6.07, 6.45) is 1.71. The largest absolute Gasteiger partial charge is 0.416 e. The molecule has 0 aliphatic carbocycles. The monoisotopic (exact) mass is 456 g/mol. The number of fused-ring (bicyclic) bond motifs is 1. The van der Waals surface area contributed by atoms with Crippen molar-refractivity contribution in [1.29, 1.82) is 0 Å². The summed E-state index contributed by atoms with van der Waals surface area (Å²) in [5.41, 5.74) is 3.27. The maximum atomic E-state index is 13.0. The second-order valence-corrected chi connectivity index (χ2v) is 9.42. The van der Waals surface area contributed by atoms with Crippen LogP contribution in [0.2, 0.25) is 0 Å². The quantitative estimate of drug-likeness (QED) is 0.502. The first-order chi connectivity index (χ1) is 15.5. The summed E-state index contributed by atoms with van der Waals surface area (Å²) in [5, 5.41) is 0. The van der Waals surface area contributed by atoms with Crippen molar-refractivity contribution >= 4 is 17.0 Å². The molecule has 2 aliphatic heterocycles. The number of halogens is 3. The van der Waals surface area contributed by atoms with Gasteiger partial charge in [0, 0.05) is 54.1 Å². The molecule has 2 aromatic heterocycles. The highest BCUT2D eigenvalue weighted by Crippen LogP contribution is 2.35. The minimum Gasteiger partial charge on any atom is -0.293 e. The van der Waals surface area contributed by atoms with Crippen LogP contribution in [0.25, 0.3) is 10.4 Å². The molecule has 0 N–H and O–H groups in total. The zero-order chi connectivity index (χ0) is 22.1. The highest BCUT2D eigenvalue weighted by molar-refractivity contribution is 7.15. The van der Waals surface area contributed by atoms with Crippen molar-refractivity contribution in [3.8, 4) is 10.4 Å². The Kier molecular flexibility index (Phi) is 5.82. The lowest BCUT2D eigenvalue weighted by molar-refractivity contribution is -0.137. The normalized spacial score (nSPS) is 17.2. The van der Waals surface area contributed by atoms with E-state index in [2.05, 4.69) is 14.9 Å². The summed E-state index contributed by atoms with van der Waals surface area (Å²) in [6, 6.07) is 9.44. The van der Waals surface area contributed by atoms with Crippen molar-refractivity contribution in [1.82, 2.24) is 14.9 Å². The molecule has 0 radical (unpaired) electrons. The first-order valence-electron chi connectivity index (χ1n) is 10.8. The van der Waals surface area contributed by atoms with E-state index < -0.39 is 11.7 Å². The lowest BCUT2D eigenvalue weighted by atomic mass is 10.1. The fourth-order valence-corrected chi connectivity index (χ4v) is 5.26. The highest BCUT2D eigenvalue weighted by Gasteiger charge is 2.30. The number of aromatic nitrogens is 2. The molecule has 1 aromatic carbocycles. The lowest BCUT2D eigenvalue weighted by Crippen LogP contribution is -2.31. The van der Waals surface area contributed by atoms with E-state index in [1.54, 1.807) is 17.4 Å². The standard InChI is InChI=1S/C24H23F3N4S/c25-24(26,27)18-5-3-4-16(12-18)22-8-7-19(32-22)15-31-11-9-20-17(14-31)13-29-23(30-20)21-6-1-2-10-28-21/h3-5,7-8,12-13H,1-2,6,9-11,14-15H2. The van der Waals surface area contributed by atoms with Gasteiger partial charge < -0.3 is 0 Å². The van der Waals surface area contributed by atoms with Crippen molar-refractivity contribution in [2.45, 2.75) is 44.9 Å². The lowest BCUT2D eigenvalue weighted by Gasteiger charge is -2.27. The number of aliphatic imine (C=N–C) groups is 1. The number of benzene rings is 1. The van der Waals surface area contributed by atoms with E-state index >= 15 is 0 Å². The third kappa shape index (κ3) is 4.61. The summed E-state index contributed by atoms with van der Waals surface area (Å²) >= 11 is 1.55. The van der Waals surface area contributed by atoms with Crippen LogP contribution in [-0.4, -0.2) is 33.7 Å². The summed E-state index contributed by atoms with van der Waals surface area (Å²) in [4.78, 5) is 18.3. The van der Waals surface area contributed by atoms with E-state index in [-0.39, 0.29) is 0 Å². The molecule has 0 spiro atoms. The molecule has 5 rings (SSSR count). The third-order valence-electron chi connectivity index (χ3n) is 5.91. The van der Waals surface area contributed by atoms with Crippen LogP contribution in [-0.2, 0) is 25.7 Å². The molecule has 8 heteroatoms. The van der Waals surface area contributed by atoms with Gasteiger partial charge in [0.15, 0.2) is 5.82 Å². The van der Waals surface area contributed by atoms with Crippen molar-refractivity contribution in [2.24, 2.45) is 4.99 Å². The molecule has 4 heterocycles. The van der Waals surface area contributed by atoms with Crippen molar-refractivity contribution in [3.63, 3.8) is 0 Å². The molecule has 0 atom stereocenters. The maximum absolute atomic E-state index is 13.0. The Balaban J connectivity index is 1.27. The Bertz CT molecular complexity index is 1150. The van der Waals surface area contributed by atoms with Crippen LogP contribution in [0.4, 0.5) is 13.2 Å². The Labute approximate surface area is 188 Å². The average Bonchev–Trinajstić information content (AvgIpc) is 3.27. The first kappa shape index (κ1) is 21.3. The van der Waals surface area contributed by atoms with Gasteiger partial charge in [0.25, 0.3) is 0 Å². The first-order valence-corrected chi connectivity index (χ1v) is 11.6. The maximum Gasteiger partial charge on any atom is 0.416 e. The average molecular weight is 457 g/mol. The number of hydrogen-bond donors (Lipinski definition) is 0. The zero-order valence-corrected chi connectivity index (χ0v) is 18.3. The minimum atomic E-state index is -4.33. The van der Waals surface area contributed by atoms with Crippen LogP contribution < -0.4 is 0 Å². The second kappa shape index (κ2) is 8.75.